The molecule has 0 spiro atoms. The van der Waals surface area contributed by atoms with E-state index >= 15 is 0 Å². The summed E-state index contributed by atoms with van der Waals surface area (Å²) < 4.78 is 19.6. The molecule has 0 aliphatic carbocycles. The molecule has 1 aliphatic heterocycles. The Bertz CT molecular complexity index is 1360. The molecule has 1 aliphatic rings. The molecule has 1 amide bonds. The number of aliphatic hydroxyl groups is 1. The average molecular weight is 488 g/mol. The summed E-state index contributed by atoms with van der Waals surface area (Å²) in [6.45, 7) is 10.4. The zero-order valence-corrected chi connectivity index (χ0v) is 21.1. The summed E-state index contributed by atoms with van der Waals surface area (Å²) in [5.41, 5.74) is 4.20. The summed E-state index contributed by atoms with van der Waals surface area (Å²) in [6.07, 6.45) is 0. The van der Waals surface area contributed by atoms with E-state index in [0.717, 1.165) is 16.7 Å². The Hall–Kier alpha value is -3.93. The molecule has 0 radical (unpaired) electrons. The molecular formula is C30H30FNO4. The number of carbonyl (C=O) groups excluding carboxylic acids is 2. The minimum atomic E-state index is -0.912. The second-order valence-corrected chi connectivity index (χ2v) is 9.67. The van der Waals surface area contributed by atoms with Crippen LogP contribution in [0.15, 0.2) is 66.2 Å². The van der Waals surface area contributed by atoms with Crippen LogP contribution >= 0.6 is 0 Å². The van der Waals surface area contributed by atoms with Crippen LogP contribution in [0.4, 0.5) is 10.1 Å². The van der Waals surface area contributed by atoms with Crippen LogP contribution in [0.2, 0.25) is 0 Å². The topological polar surface area (TPSA) is 66.8 Å². The molecule has 3 aromatic carbocycles. The second kappa shape index (κ2) is 9.97. The summed E-state index contributed by atoms with van der Waals surface area (Å²) in [5.74, 6) is -1.22. The number of amides is 1. The monoisotopic (exact) mass is 487 g/mol. The molecule has 3 aromatic rings. The number of aryl methyl sites for hydroxylation is 3. The van der Waals surface area contributed by atoms with E-state index in [1.807, 2.05) is 32.9 Å². The van der Waals surface area contributed by atoms with Gasteiger partial charge in [-0.2, -0.15) is 0 Å². The first-order chi connectivity index (χ1) is 17.1. The van der Waals surface area contributed by atoms with E-state index in [2.05, 4.69) is 13.8 Å². The standard InChI is InChI=1S/C30H30FNO4/c1-17(2)16-36-25-13-9-22(14-20(25)5)28(33)26-27(21-7-10-23(31)11-8-21)32(30(35)29(26)34)24-12-6-18(3)19(4)15-24/h6-15,17,27,33H,16H2,1-5H3/b28-26+. The number of halogens is 1. The fraction of sp³-hybridized carbons (Fsp3) is 0.267. The lowest BCUT2D eigenvalue weighted by Crippen LogP contribution is -2.29. The van der Waals surface area contributed by atoms with Crippen LogP contribution in [0.25, 0.3) is 5.76 Å². The highest BCUT2D eigenvalue weighted by Crippen LogP contribution is 2.42. The Labute approximate surface area is 210 Å². The number of hydrogen-bond acceptors (Lipinski definition) is 4. The van der Waals surface area contributed by atoms with Gasteiger partial charge in [-0.3, -0.25) is 14.5 Å². The maximum Gasteiger partial charge on any atom is 0.300 e. The van der Waals surface area contributed by atoms with Crippen LogP contribution in [-0.4, -0.2) is 23.4 Å². The molecular weight excluding hydrogens is 457 g/mol. The van der Waals surface area contributed by atoms with E-state index in [-0.39, 0.29) is 11.3 Å². The van der Waals surface area contributed by atoms with E-state index in [1.165, 1.54) is 29.2 Å². The molecule has 0 aromatic heterocycles. The molecule has 4 rings (SSSR count). The van der Waals surface area contributed by atoms with Crippen molar-refractivity contribution < 1.29 is 23.8 Å². The van der Waals surface area contributed by atoms with Crippen molar-refractivity contribution in [3.63, 3.8) is 0 Å². The molecule has 1 atom stereocenters. The van der Waals surface area contributed by atoms with Gasteiger partial charge in [0, 0.05) is 11.3 Å². The maximum atomic E-state index is 13.7. The van der Waals surface area contributed by atoms with Gasteiger partial charge < -0.3 is 9.84 Å². The number of benzene rings is 3. The number of anilines is 1. The lowest BCUT2D eigenvalue weighted by atomic mass is 9.94. The van der Waals surface area contributed by atoms with Crippen molar-refractivity contribution in [2.75, 3.05) is 11.5 Å². The normalized spacial score (nSPS) is 17.2. The summed E-state index contributed by atoms with van der Waals surface area (Å²) in [4.78, 5) is 28.0. The Kier molecular flexibility index (Phi) is 6.97. The number of ether oxygens (including phenoxy) is 1. The first-order valence-electron chi connectivity index (χ1n) is 12.0. The molecule has 6 heteroatoms. The zero-order valence-electron chi connectivity index (χ0n) is 21.1. The lowest BCUT2D eigenvalue weighted by Gasteiger charge is -2.26. The van der Waals surface area contributed by atoms with Gasteiger partial charge in [0.25, 0.3) is 11.7 Å². The fourth-order valence-corrected chi connectivity index (χ4v) is 4.31. The molecule has 1 N–H and O–H groups in total. The van der Waals surface area contributed by atoms with Crippen molar-refractivity contribution in [1.29, 1.82) is 0 Å². The van der Waals surface area contributed by atoms with Crippen LogP contribution in [0, 0.1) is 32.5 Å². The van der Waals surface area contributed by atoms with Gasteiger partial charge in [-0.25, -0.2) is 4.39 Å². The highest BCUT2D eigenvalue weighted by atomic mass is 19.1. The van der Waals surface area contributed by atoms with Gasteiger partial charge in [-0.1, -0.05) is 32.0 Å². The van der Waals surface area contributed by atoms with Crippen LogP contribution in [0.1, 0.15) is 47.7 Å². The van der Waals surface area contributed by atoms with Crippen molar-refractivity contribution in [3.8, 4) is 5.75 Å². The maximum absolute atomic E-state index is 13.7. The molecule has 0 saturated carbocycles. The van der Waals surface area contributed by atoms with E-state index in [4.69, 9.17) is 4.74 Å². The number of nitrogens with zero attached hydrogens (tertiary/aromatic N) is 1. The van der Waals surface area contributed by atoms with E-state index in [0.29, 0.717) is 35.1 Å². The first-order valence-corrected chi connectivity index (χ1v) is 12.0. The van der Waals surface area contributed by atoms with Crippen molar-refractivity contribution in [2.24, 2.45) is 5.92 Å². The highest BCUT2D eigenvalue weighted by Gasteiger charge is 2.47. The Morgan fingerprint density at radius 3 is 2.25 bits per heavy atom. The highest BCUT2D eigenvalue weighted by molar-refractivity contribution is 6.51. The van der Waals surface area contributed by atoms with Gasteiger partial charge in [0.15, 0.2) is 0 Å². The lowest BCUT2D eigenvalue weighted by molar-refractivity contribution is -0.132. The SMILES string of the molecule is Cc1ccc(N2C(=O)C(=O)/C(=C(/O)c3ccc(OCC(C)C)c(C)c3)C2c2ccc(F)cc2)cc1C. The number of hydrogen-bond donors (Lipinski definition) is 1. The molecule has 1 saturated heterocycles. The number of ketones is 1. The number of rotatable bonds is 6. The van der Waals surface area contributed by atoms with Crippen LogP contribution in [-0.2, 0) is 9.59 Å². The summed E-state index contributed by atoms with van der Waals surface area (Å²) in [5, 5.41) is 11.4. The van der Waals surface area contributed by atoms with Crippen LogP contribution in [0.3, 0.4) is 0 Å². The smallest absolute Gasteiger partial charge is 0.300 e. The van der Waals surface area contributed by atoms with E-state index in [1.54, 1.807) is 24.3 Å². The molecule has 0 bridgehead atoms. The van der Waals surface area contributed by atoms with Crippen molar-refractivity contribution in [1.82, 2.24) is 0 Å². The fourth-order valence-electron chi connectivity index (χ4n) is 4.31. The van der Waals surface area contributed by atoms with Gasteiger partial charge in [0.2, 0.25) is 0 Å². The zero-order chi connectivity index (χ0) is 26.1. The van der Waals surface area contributed by atoms with Gasteiger partial charge in [0.05, 0.1) is 18.2 Å². The second-order valence-electron chi connectivity index (χ2n) is 9.67. The summed E-state index contributed by atoms with van der Waals surface area (Å²) in [7, 11) is 0. The molecule has 1 heterocycles. The van der Waals surface area contributed by atoms with Crippen LogP contribution in [0.5, 0.6) is 5.75 Å². The van der Waals surface area contributed by atoms with E-state index < -0.39 is 23.5 Å². The molecule has 1 unspecified atom stereocenters. The predicted molar refractivity (Wildman–Crippen MR) is 139 cm³/mol. The van der Waals surface area contributed by atoms with Gasteiger partial charge in [0.1, 0.15) is 17.3 Å². The number of carbonyl (C=O) groups is 2. The van der Waals surface area contributed by atoms with Gasteiger partial charge in [-0.05, 0) is 91.4 Å². The molecule has 1 fully saturated rings. The summed E-state index contributed by atoms with van der Waals surface area (Å²) >= 11 is 0. The van der Waals surface area contributed by atoms with Crippen molar-refractivity contribution in [2.45, 2.75) is 40.7 Å². The van der Waals surface area contributed by atoms with Crippen molar-refractivity contribution >= 4 is 23.1 Å². The molecule has 5 nitrogen and oxygen atoms in total. The number of Topliss-reactive ketones (excluding diaryl/α,β-unsaturated/α-hetero) is 1. The van der Waals surface area contributed by atoms with Crippen molar-refractivity contribution in [3.05, 3.63) is 99.9 Å². The van der Waals surface area contributed by atoms with Gasteiger partial charge in [-0.15, -0.1) is 0 Å². The van der Waals surface area contributed by atoms with Gasteiger partial charge >= 0.3 is 0 Å². The minimum Gasteiger partial charge on any atom is -0.507 e. The quantitative estimate of drug-likeness (QED) is 0.248. The van der Waals surface area contributed by atoms with Crippen LogP contribution < -0.4 is 9.64 Å². The van der Waals surface area contributed by atoms with E-state index in [9.17, 15) is 19.1 Å². The Morgan fingerprint density at radius 1 is 0.944 bits per heavy atom. The average Bonchev–Trinajstić information content (AvgIpc) is 3.10. The Balaban J connectivity index is 1.86. The largest absolute Gasteiger partial charge is 0.507 e. The third-order valence-electron chi connectivity index (χ3n) is 6.42. The third kappa shape index (κ3) is 4.76. The third-order valence-corrected chi connectivity index (χ3v) is 6.42. The first kappa shape index (κ1) is 25.2. The number of aliphatic hydroxyl groups excluding tert-OH is 1. The Morgan fingerprint density at radius 2 is 1.64 bits per heavy atom. The minimum absolute atomic E-state index is 0.0416. The predicted octanol–water partition coefficient (Wildman–Crippen LogP) is 6.41. The molecule has 36 heavy (non-hydrogen) atoms. The summed E-state index contributed by atoms with van der Waals surface area (Å²) in [6, 6.07) is 15.3. The molecule has 186 valence electrons.